The third-order valence-corrected chi connectivity index (χ3v) is 3.67. The first-order chi connectivity index (χ1) is 12.2. The highest BCUT2D eigenvalue weighted by molar-refractivity contribution is 5.97. The maximum absolute atomic E-state index is 12.0. The lowest BCUT2D eigenvalue weighted by Gasteiger charge is -2.09. The van der Waals surface area contributed by atoms with Gasteiger partial charge in [0.05, 0.1) is 11.1 Å². The van der Waals surface area contributed by atoms with Crippen molar-refractivity contribution < 1.29 is 19.8 Å². The maximum atomic E-state index is 12.0. The van der Waals surface area contributed by atoms with Crippen molar-refractivity contribution in [2.45, 2.75) is 0 Å². The molecule has 0 aromatic carbocycles. The number of pyridine rings is 2. The van der Waals surface area contributed by atoms with Gasteiger partial charge >= 0.3 is 0 Å². The van der Waals surface area contributed by atoms with Gasteiger partial charge < -0.3 is 30.0 Å². The third-order valence-electron chi connectivity index (χ3n) is 3.67. The smallest absolute Gasteiger partial charge is 0.293 e. The molecule has 0 radical (unpaired) electrons. The Morgan fingerprint density at radius 2 is 1.19 bits per heavy atom. The number of aromatic hydroxyl groups is 2. The lowest BCUT2D eigenvalue weighted by molar-refractivity contribution is 0.0924. The lowest BCUT2D eigenvalue weighted by Crippen LogP contribution is -2.35. The number of carbonyl (C=O) groups is 2. The molecule has 26 heavy (non-hydrogen) atoms. The summed E-state index contributed by atoms with van der Waals surface area (Å²) in [5.74, 6) is -2.68. The normalized spacial score (nSPS) is 10.4. The number of hydrogen-bond donors (Lipinski definition) is 4. The molecule has 0 aliphatic rings. The van der Waals surface area contributed by atoms with E-state index in [1.807, 2.05) is 0 Å². The van der Waals surface area contributed by atoms with Gasteiger partial charge in [0.25, 0.3) is 22.9 Å². The average Bonchev–Trinajstić information content (AvgIpc) is 2.61. The van der Waals surface area contributed by atoms with E-state index < -0.39 is 34.4 Å². The summed E-state index contributed by atoms with van der Waals surface area (Å²) in [5.41, 5.74) is -1.76. The van der Waals surface area contributed by atoms with Crippen molar-refractivity contribution in [1.29, 1.82) is 0 Å². The summed E-state index contributed by atoms with van der Waals surface area (Å²) in [6, 6.07) is 2.59. The summed E-state index contributed by atoms with van der Waals surface area (Å²) in [6.45, 7) is 0.00958. The highest BCUT2D eigenvalue weighted by atomic mass is 16.3. The van der Waals surface area contributed by atoms with Crippen LogP contribution in [-0.2, 0) is 14.1 Å². The number of carbonyl (C=O) groups excluding carboxylic acids is 2. The van der Waals surface area contributed by atoms with Crippen molar-refractivity contribution in [2.24, 2.45) is 14.1 Å². The fourth-order valence-corrected chi connectivity index (χ4v) is 2.14. The van der Waals surface area contributed by atoms with E-state index in [0.29, 0.717) is 0 Å². The quantitative estimate of drug-likeness (QED) is 0.485. The Hall–Kier alpha value is -3.56. The number of nitrogens with one attached hydrogen (secondary N) is 2. The molecule has 0 unspecified atom stereocenters. The molecule has 0 aliphatic carbocycles. The van der Waals surface area contributed by atoms with Crippen LogP contribution in [0.25, 0.3) is 0 Å². The molecule has 2 amide bonds. The molecule has 0 saturated carbocycles. The topological polar surface area (TPSA) is 143 Å². The van der Waals surface area contributed by atoms with Gasteiger partial charge in [-0.05, 0) is 12.1 Å². The number of aryl methyl sites for hydroxylation is 2. The van der Waals surface area contributed by atoms with Crippen molar-refractivity contribution >= 4 is 11.8 Å². The largest absolute Gasteiger partial charge is 0.502 e. The molecular weight excluding hydrogens is 344 g/mol. The molecule has 0 bridgehead atoms. The van der Waals surface area contributed by atoms with Crippen molar-refractivity contribution in [3.63, 3.8) is 0 Å². The van der Waals surface area contributed by atoms with Gasteiger partial charge in [0, 0.05) is 39.6 Å². The SMILES string of the molecule is Cn1ccc(C(=O)NCCNC(=O)c2ccn(C)c(=O)c2O)c(O)c1=O. The van der Waals surface area contributed by atoms with Crippen LogP contribution in [0, 0.1) is 0 Å². The predicted octanol–water partition coefficient (Wildman–Crippen LogP) is -1.34. The Morgan fingerprint density at radius 1 is 0.846 bits per heavy atom. The Balaban J connectivity index is 1.93. The monoisotopic (exact) mass is 362 g/mol. The van der Waals surface area contributed by atoms with Crippen LogP contribution in [0.1, 0.15) is 20.7 Å². The highest BCUT2D eigenvalue weighted by Gasteiger charge is 2.16. The maximum Gasteiger partial charge on any atom is 0.293 e. The zero-order chi connectivity index (χ0) is 19.4. The van der Waals surface area contributed by atoms with E-state index in [9.17, 15) is 29.4 Å². The molecule has 2 heterocycles. The molecule has 0 spiro atoms. The standard InChI is InChI=1S/C16H18N4O6/c1-19-7-3-9(11(21)15(19)25)13(23)17-5-6-18-14(24)10-4-8-20(2)16(26)12(10)22/h3-4,7-8,21-22H,5-6H2,1-2H3,(H,17,23)(H,18,24). The minimum absolute atomic E-state index is 0.00479. The van der Waals surface area contributed by atoms with E-state index in [4.69, 9.17) is 0 Å². The van der Waals surface area contributed by atoms with Crippen LogP contribution in [0.4, 0.5) is 0 Å². The second-order valence-corrected chi connectivity index (χ2v) is 5.50. The average molecular weight is 362 g/mol. The summed E-state index contributed by atoms with van der Waals surface area (Å²) in [5, 5.41) is 24.3. The first kappa shape index (κ1) is 18.8. The summed E-state index contributed by atoms with van der Waals surface area (Å²) < 4.78 is 2.26. The van der Waals surface area contributed by atoms with E-state index in [1.165, 1.54) is 38.6 Å². The highest BCUT2D eigenvalue weighted by Crippen LogP contribution is 2.10. The molecule has 0 atom stereocenters. The molecular formula is C16H18N4O6. The van der Waals surface area contributed by atoms with Crippen LogP contribution in [0.5, 0.6) is 11.5 Å². The Kier molecular flexibility index (Phi) is 5.45. The fraction of sp³-hybridized carbons (Fsp3) is 0.250. The number of nitrogens with zero attached hydrogens (tertiary/aromatic N) is 2. The minimum Gasteiger partial charge on any atom is -0.502 e. The minimum atomic E-state index is -0.702. The molecule has 2 rings (SSSR count). The van der Waals surface area contributed by atoms with E-state index in [-0.39, 0.29) is 24.2 Å². The van der Waals surface area contributed by atoms with Gasteiger partial charge in [0.15, 0.2) is 11.5 Å². The van der Waals surface area contributed by atoms with E-state index >= 15 is 0 Å². The van der Waals surface area contributed by atoms with Gasteiger partial charge in [-0.15, -0.1) is 0 Å². The van der Waals surface area contributed by atoms with Gasteiger partial charge in [-0.2, -0.15) is 0 Å². The molecule has 0 saturated heterocycles. The second kappa shape index (κ2) is 7.55. The molecule has 4 N–H and O–H groups in total. The molecule has 0 fully saturated rings. The lowest BCUT2D eigenvalue weighted by atomic mass is 10.2. The summed E-state index contributed by atoms with van der Waals surface area (Å²) in [7, 11) is 2.87. The van der Waals surface area contributed by atoms with E-state index in [0.717, 1.165) is 9.13 Å². The van der Waals surface area contributed by atoms with Crippen LogP contribution in [0.2, 0.25) is 0 Å². The first-order valence-corrected chi connectivity index (χ1v) is 7.57. The van der Waals surface area contributed by atoms with Gasteiger partial charge in [0.1, 0.15) is 0 Å². The van der Waals surface area contributed by atoms with Gasteiger partial charge in [0.2, 0.25) is 0 Å². The second-order valence-electron chi connectivity index (χ2n) is 5.50. The summed E-state index contributed by atoms with van der Waals surface area (Å²) in [4.78, 5) is 47.1. The van der Waals surface area contributed by atoms with Gasteiger partial charge in [-0.1, -0.05) is 0 Å². The predicted molar refractivity (Wildman–Crippen MR) is 91.4 cm³/mol. The van der Waals surface area contributed by atoms with Crippen molar-refractivity contribution in [3.8, 4) is 11.5 Å². The van der Waals surface area contributed by atoms with Crippen molar-refractivity contribution in [2.75, 3.05) is 13.1 Å². The number of aromatic nitrogens is 2. The van der Waals surface area contributed by atoms with Crippen LogP contribution >= 0.6 is 0 Å². The number of amides is 2. The zero-order valence-electron chi connectivity index (χ0n) is 14.1. The Labute approximate surface area is 147 Å². The summed E-state index contributed by atoms with van der Waals surface area (Å²) in [6.07, 6.45) is 2.69. The molecule has 10 heteroatoms. The summed E-state index contributed by atoms with van der Waals surface area (Å²) >= 11 is 0. The molecule has 0 aliphatic heterocycles. The van der Waals surface area contributed by atoms with Crippen molar-refractivity contribution in [1.82, 2.24) is 19.8 Å². The molecule has 138 valence electrons. The Morgan fingerprint density at radius 3 is 1.54 bits per heavy atom. The van der Waals surface area contributed by atoms with Crippen LogP contribution in [-0.4, -0.2) is 44.3 Å². The van der Waals surface area contributed by atoms with E-state index in [2.05, 4.69) is 10.6 Å². The van der Waals surface area contributed by atoms with Crippen LogP contribution in [0.15, 0.2) is 34.1 Å². The van der Waals surface area contributed by atoms with Gasteiger partial charge in [-0.3, -0.25) is 19.2 Å². The Bertz CT molecular complexity index is 896. The molecule has 2 aromatic rings. The van der Waals surface area contributed by atoms with Crippen LogP contribution < -0.4 is 21.8 Å². The zero-order valence-corrected chi connectivity index (χ0v) is 14.1. The third kappa shape index (κ3) is 3.74. The fourth-order valence-electron chi connectivity index (χ4n) is 2.14. The van der Waals surface area contributed by atoms with E-state index in [1.54, 1.807) is 0 Å². The van der Waals surface area contributed by atoms with Gasteiger partial charge in [-0.25, -0.2) is 0 Å². The number of rotatable bonds is 5. The number of hydrogen-bond acceptors (Lipinski definition) is 6. The first-order valence-electron chi connectivity index (χ1n) is 7.57. The van der Waals surface area contributed by atoms with Crippen LogP contribution in [0.3, 0.4) is 0 Å². The molecule has 10 nitrogen and oxygen atoms in total. The van der Waals surface area contributed by atoms with Crippen molar-refractivity contribution in [3.05, 3.63) is 56.4 Å². The molecule has 2 aromatic heterocycles.